The van der Waals surface area contributed by atoms with Gasteiger partial charge < -0.3 is 10.1 Å². The van der Waals surface area contributed by atoms with Crippen molar-refractivity contribution in [3.05, 3.63) is 28.8 Å². The van der Waals surface area contributed by atoms with E-state index in [-0.39, 0.29) is 23.4 Å². The lowest BCUT2D eigenvalue weighted by Crippen LogP contribution is -2.56. The van der Waals surface area contributed by atoms with E-state index in [0.29, 0.717) is 29.0 Å². The average molecular weight is 396 g/mol. The molecule has 5 rings (SSSR count). The fourth-order valence-corrected chi connectivity index (χ4v) is 6.47. The molecule has 6 heteroatoms. The summed E-state index contributed by atoms with van der Waals surface area (Å²) in [6.07, 6.45) is 5.58. The molecule has 4 saturated carbocycles. The van der Waals surface area contributed by atoms with Gasteiger partial charge in [0.1, 0.15) is 0 Å². The molecule has 1 amide bonds. The molecule has 140 valence electrons. The van der Waals surface area contributed by atoms with Crippen LogP contribution in [0.4, 0.5) is 5.69 Å². The summed E-state index contributed by atoms with van der Waals surface area (Å²) in [7, 11) is 0. The number of carbonyl (C=O) groups excluding carboxylic acids is 2. The molecule has 1 aromatic carbocycles. The van der Waals surface area contributed by atoms with Crippen LogP contribution in [0.15, 0.2) is 18.2 Å². The van der Waals surface area contributed by atoms with E-state index < -0.39 is 5.41 Å². The summed E-state index contributed by atoms with van der Waals surface area (Å²) in [6, 6.07) is 5.31. The molecule has 1 N–H and O–H groups in total. The number of halogens is 2. The third-order valence-electron chi connectivity index (χ3n) is 6.30. The van der Waals surface area contributed by atoms with Gasteiger partial charge in [0.15, 0.2) is 6.61 Å². The number of esters is 1. The van der Waals surface area contributed by atoms with Crippen LogP contribution in [0.1, 0.15) is 44.1 Å². The van der Waals surface area contributed by atoms with Gasteiger partial charge >= 0.3 is 5.97 Å². The standard InChI is InChI=1S/C20H23Cl2NO3/c1-12-15(21)3-2-4-16(12)23-17(24)10-26-18(25)19-6-13-5-14(7-19)9-20(22,8-13)11-19/h2-4,13-14H,5-11H2,1H3,(H,23,24)/t13-,14+,19?,20?. The molecule has 0 aliphatic heterocycles. The van der Waals surface area contributed by atoms with Gasteiger partial charge in [0.05, 0.1) is 5.41 Å². The fourth-order valence-electron chi connectivity index (χ4n) is 5.60. The molecule has 4 aliphatic rings. The van der Waals surface area contributed by atoms with E-state index in [9.17, 15) is 9.59 Å². The normalized spacial score (nSPS) is 34.6. The molecule has 26 heavy (non-hydrogen) atoms. The highest BCUT2D eigenvalue weighted by Gasteiger charge is 2.60. The average Bonchev–Trinajstić information content (AvgIpc) is 2.54. The second kappa shape index (κ2) is 6.42. The summed E-state index contributed by atoms with van der Waals surface area (Å²) in [5.74, 6) is 0.428. The Hall–Kier alpha value is -1.26. The van der Waals surface area contributed by atoms with Gasteiger partial charge in [0.25, 0.3) is 5.91 Å². The maximum atomic E-state index is 12.8. The first-order valence-electron chi connectivity index (χ1n) is 9.20. The number of carbonyl (C=O) groups is 2. The predicted octanol–water partition coefficient (Wildman–Crippen LogP) is 4.71. The van der Waals surface area contributed by atoms with E-state index in [4.69, 9.17) is 27.9 Å². The molecule has 0 spiro atoms. The fraction of sp³-hybridized carbons (Fsp3) is 0.600. The number of alkyl halides is 1. The van der Waals surface area contributed by atoms with Gasteiger partial charge in [-0.25, -0.2) is 0 Å². The summed E-state index contributed by atoms with van der Waals surface area (Å²) in [6.45, 7) is 1.55. The molecule has 4 nitrogen and oxygen atoms in total. The number of rotatable bonds is 4. The van der Waals surface area contributed by atoms with Crippen molar-refractivity contribution in [2.24, 2.45) is 17.3 Å². The number of benzene rings is 1. The largest absolute Gasteiger partial charge is 0.455 e. The first kappa shape index (κ1) is 18.1. The van der Waals surface area contributed by atoms with Crippen LogP contribution in [0.2, 0.25) is 5.02 Å². The third kappa shape index (κ3) is 3.22. The molecule has 0 aromatic heterocycles. The molecule has 2 unspecified atom stereocenters. The van der Waals surface area contributed by atoms with Crippen LogP contribution in [-0.4, -0.2) is 23.4 Å². The second-order valence-corrected chi connectivity index (χ2v) is 9.64. The lowest BCUT2D eigenvalue weighted by atomic mass is 9.49. The summed E-state index contributed by atoms with van der Waals surface area (Å²) in [5.41, 5.74) is 0.935. The summed E-state index contributed by atoms with van der Waals surface area (Å²) < 4.78 is 5.43. The van der Waals surface area contributed by atoms with E-state index in [1.54, 1.807) is 18.2 Å². The lowest BCUT2D eigenvalue weighted by Gasteiger charge is -2.58. The number of anilines is 1. The van der Waals surface area contributed by atoms with Gasteiger partial charge in [-0.1, -0.05) is 17.7 Å². The Morgan fingerprint density at radius 3 is 2.58 bits per heavy atom. The number of hydrogen-bond acceptors (Lipinski definition) is 3. The van der Waals surface area contributed by atoms with Crippen molar-refractivity contribution in [2.75, 3.05) is 11.9 Å². The van der Waals surface area contributed by atoms with Gasteiger partial charge in [0, 0.05) is 15.6 Å². The lowest BCUT2D eigenvalue weighted by molar-refractivity contribution is -0.171. The number of ether oxygens (including phenoxy) is 1. The topological polar surface area (TPSA) is 55.4 Å². The Bertz CT molecular complexity index is 749. The van der Waals surface area contributed by atoms with Crippen molar-refractivity contribution in [3.8, 4) is 0 Å². The molecule has 1 aromatic rings. The van der Waals surface area contributed by atoms with Crippen LogP contribution in [0.5, 0.6) is 0 Å². The highest BCUT2D eigenvalue weighted by atomic mass is 35.5. The summed E-state index contributed by atoms with van der Waals surface area (Å²) >= 11 is 12.8. The number of hydrogen-bond donors (Lipinski definition) is 1. The van der Waals surface area contributed by atoms with E-state index in [2.05, 4.69) is 5.32 Å². The van der Waals surface area contributed by atoms with Crippen LogP contribution < -0.4 is 5.32 Å². The maximum Gasteiger partial charge on any atom is 0.312 e. The molecule has 0 saturated heterocycles. The van der Waals surface area contributed by atoms with E-state index in [0.717, 1.165) is 31.2 Å². The highest BCUT2D eigenvalue weighted by molar-refractivity contribution is 6.31. The Labute approximate surface area is 163 Å². The van der Waals surface area contributed by atoms with Crippen molar-refractivity contribution in [1.82, 2.24) is 0 Å². The quantitative estimate of drug-likeness (QED) is 0.593. The van der Waals surface area contributed by atoms with Gasteiger partial charge in [-0.2, -0.15) is 0 Å². The first-order valence-corrected chi connectivity index (χ1v) is 9.95. The second-order valence-electron chi connectivity index (χ2n) is 8.43. The molecule has 4 bridgehead atoms. The van der Waals surface area contributed by atoms with Crippen molar-refractivity contribution in [2.45, 2.75) is 50.3 Å². The Morgan fingerprint density at radius 1 is 1.23 bits per heavy atom. The molecule has 4 aliphatic carbocycles. The Balaban J connectivity index is 1.38. The van der Waals surface area contributed by atoms with Crippen LogP contribution >= 0.6 is 23.2 Å². The van der Waals surface area contributed by atoms with Gasteiger partial charge in [-0.3, -0.25) is 9.59 Å². The zero-order chi connectivity index (χ0) is 18.5. The molecule has 0 radical (unpaired) electrons. The van der Waals surface area contributed by atoms with Gasteiger partial charge in [-0.05, 0) is 75.0 Å². The SMILES string of the molecule is Cc1c(Cl)cccc1NC(=O)COC(=O)C12C[C@@H]3C[C@@H](CC(Cl)(C3)C1)C2. The monoisotopic (exact) mass is 395 g/mol. The van der Waals surface area contributed by atoms with Crippen molar-refractivity contribution in [3.63, 3.8) is 0 Å². The van der Waals surface area contributed by atoms with E-state index in [1.807, 2.05) is 6.92 Å². The van der Waals surface area contributed by atoms with Crippen molar-refractivity contribution < 1.29 is 14.3 Å². The maximum absolute atomic E-state index is 12.8. The zero-order valence-electron chi connectivity index (χ0n) is 14.8. The third-order valence-corrected chi connectivity index (χ3v) is 7.15. The van der Waals surface area contributed by atoms with Crippen LogP contribution in [0, 0.1) is 24.2 Å². The van der Waals surface area contributed by atoms with Crippen LogP contribution in [0.3, 0.4) is 0 Å². The zero-order valence-corrected chi connectivity index (χ0v) is 16.3. The van der Waals surface area contributed by atoms with Crippen molar-refractivity contribution in [1.29, 1.82) is 0 Å². The molecule has 4 fully saturated rings. The number of amides is 1. The molecule has 4 atom stereocenters. The molecular formula is C20H23Cl2NO3. The first-order chi connectivity index (χ1) is 12.3. The molecular weight excluding hydrogens is 373 g/mol. The van der Waals surface area contributed by atoms with Crippen molar-refractivity contribution >= 4 is 40.8 Å². The Morgan fingerprint density at radius 2 is 1.92 bits per heavy atom. The minimum absolute atomic E-state index is 0.247. The summed E-state index contributed by atoms with van der Waals surface area (Å²) in [5, 5.41) is 3.35. The highest BCUT2D eigenvalue weighted by Crippen LogP contribution is 2.64. The van der Waals surface area contributed by atoms with Gasteiger partial charge in [0.2, 0.25) is 0 Å². The van der Waals surface area contributed by atoms with Gasteiger partial charge in [-0.15, -0.1) is 11.6 Å². The minimum atomic E-state index is -0.488. The smallest absolute Gasteiger partial charge is 0.312 e. The number of nitrogens with one attached hydrogen (secondary N) is 1. The minimum Gasteiger partial charge on any atom is -0.455 e. The predicted molar refractivity (Wildman–Crippen MR) is 101 cm³/mol. The Kier molecular flexibility index (Phi) is 4.47. The van der Waals surface area contributed by atoms with Crippen LogP contribution in [0.25, 0.3) is 0 Å². The van der Waals surface area contributed by atoms with E-state index >= 15 is 0 Å². The summed E-state index contributed by atoms with van der Waals surface area (Å²) in [4.78, 5) is 24.8. The molecule has 0 heterocycles. The van der Waals surface area contributed by atoms with E-state index in [1.165, 1.54) is 6.42 Å². The van der Waals surface area contributed by atoms with Crippen LogP contribution in [-0.2, 0) is 14.3 Å².